The molecule has 0 saturated carbocycles. The first-order valence-electron chi connectivity index (χ1n) is 7.29. The van der Waals surface area contributed by atoms with E-state index in [2.05, 4.69) is 19.2 Å². The van der Waals surface area contributed by atoms with Crippen LogP contribution in [0.4, 0.5) is 0 Å². The van der Waals surface area contributed by atoms with Crippen LogP contribution < -0.4 is 10.1 Å². The highest BCUT2D eigenvalue weighted by Crippen LogP contribution is 2.12. The molecule has 0 bridgehead atoms. The molecule has 1 N–H and O–H groups in total. The predicted octanol–water partition coefficient (Wildman–Crippen LogP) is 3.79. The van der Waals surface area contributed by atoms with Crippen molar-refractivity contribution in [3.8, 4) is 5.75 Å². The molecular weight excluding hydrogens is 238 g/mol. The Kier molecular flexibility index (Phi) is 7.71. The summed E-state index contributed by atoms with van der Waals surface area (Å²) >= 11 is 0. The lowest BCUT2D eigenvalue weighted by Gasteiger charge is -2.07. The third-order valence-corrected chi connectivity index (χ3v) is 2.95. The summed E-state index contributed by atoms with van der Waals surface area (Å²) in [4.78, 5) is 11.8. The monoisotopic (exact) mass is 263 g/mol. The van der Waals surface area contributed by atoms with Crippen molar-refractivity contribution in [2.24, 2.45) is 0 Å². The molecule has 3 heteroatoms. The van der Waals surface area contributed by atoms with Crippen LogP contribution in [0.25, 0.3) is 0 Å². The lowest BCUT2D eigenvalue weighted by Crippen LogP contribution is -2.24. The molecule has 0 aromatic heterocycles. The molecule has 0 aliphatic carbocycles. The quantitative estimate of drug-likeness (QED) is 0.688. The third kappa shape index (κ3) is 6.27. The number of carbonyl (C=O) groups is 1. The van der Waals surface area contributed by atoms with Gasteiger partial charge in [-0.2, -0.15) is 0 Å². The molecule has 0 spiro atoms. The van der Waals surface area contributed by atoms with Gasteiger partial charge in [-0.15, -0.1) is 0 Å². The second-order valence-electron chi connectivity index (χ2n) is 4.69. The number of benzene rings is 1. The summed E-state index contributed by atoms with van der Waals surface area (Å²) in [5.41, 5.74) is 0.692. The number of nitrogens with one attached hydrogen (secondary N) is 1. The Morgan fingerprint density at radius 2 is 1.74 bits per heavy atom. The summed E-state index contributed by atoms with van der Waals surface area (Å²) in [6.07, 6.45) is 5.57. The Morgan fingerprint density at radius 1 is 1.05 bits per heavy atom. The fourth-order valence-corrected chi connectivity index (χ4v) is 1.73. The first-order chi connectivity index (χ1) is 9.27. The fourth-order valence-electron chi connectivity index (χ4n) is 1.73. The number of rotatable bonds is 9. The minimum absolute atomic E-state index is 0.00835. The molecule has 0 aliphatic heterocycles. The summed E-state index contributed by atoms with van der Waals surface area (Å²) in [7, 11) is 0. The molecule has 1 aromatic carbocycles. The van der Waals surface area contributed by atoms with Crippen molar-refractivity contribution < 1.29 is 9.53 Å². The van der Waals surface area contributed by atoms with E-state index in [1.165, 1.54) is 12.8 Å². The van der Waals surface area contributed by atoms with Crippen LogP contribution in [0.2, 0.25) is 0 Å². The van der Waals surface area contributed by atoms with Crippen molar-refractivity contribution in [3.63, 3.8) is 0 Å². The highest BCUT2D eigenvalue weighted by Gasteiger charge is 2.04. The molecule has 0 atom stereocenters. The van der Waals surface area contributed by atoms with Gasteiger partial charge >= 0.3 is 0 Å². The van der Waals surface area contributed by atoms with Crippen LogP contribution in [0.15, 0.2) is 24.3 Å². The zero-order valence-corrected chi connectivity index (χ0v) is 12.1. The Morgan fingerprint density at radius 3 is 2.37 bits per heavy atom. The molecule has 3 nitrogen and oxygen atoms in total. The van der Waals surface area contributed by atoms with Gasteiger partial charge in [0.05, 0.1) is 6.61 Å². The first kappa shape index (κ1) is 15.5. The zero-order valence-electron chi connectivity index (χ0n) is 12.1. The van der Waals surface area contributed by atoms with Gasteiger partial charge in [0.15, 0.2) is 0 Å². The second-order valence-corrected chi connectivity index (χ2v) is 4.69. The number of amides is 1. The van der Waals surface area contributed by atoms with Crippen molar-refractivity contribution in [2.45, 2.75) is 46.0 Å². The summed E-state index contributed by atoms with van der Waals surface area (Å²) in [5, 5.41) is 2.90. The SMILES string of the molecule is CCCCCOc1ccc(C(=O)NCCCC)cc1. The van der Waals surface area contributed by atoms with Gasteiger partial charge in [-0.3, -0.25) is 4.79 Å². The van der Waals surface area contributed by atoms with Crippen molar-refractivity contribution in [2.75, 3.05) is 13.2 Å². The van der Waals surface area contributed by atoms with E-state index in [4.69, 9.17) is 4.74 Å². The second kappa shape index (κ2) is 9.42. The molecule has 0 radical (unpaired) electrons. The van der Waals surface area contributed by atoms with Crippen molar-refractivity contribution in [1.29, 1.82) is 0 Å². The van der Waals surface area contributed by atoms with Crippen LogP contribution in [0.3, 0.4) is 0 Å². The van der Waals surface area contributed by atoms with Gasteiger partial charge < -0.3 is 10.1 Å². The number of hydrogen-bond acceptors (Lipinski definition) is 2. The maximum absolute atomic E-state index is 11.8. The highest BCUT2D eigenvalue weighted by atomic mass is 16.5. The molecule has 106 valence electrons. The van der Waals surface area contributed by atoms with Crippen LogP contribution in [-0.2, 0) is 0 Å². The maximum Gasteiger partial charge on any atom is 0.251 e. The van der Waals surface area contributed by atoms with E-state index in [1.54, 1.807) is 0 Å². The lowest BCUT2D eigenvalue weighted by atomic mass is 10.2. The van der Waals surface area contributed by atoms with Gasteiger partial charge in [0.2, 0.25) is 0 Å². The number of carbonyl (C=O) groups excluding carboxylic acids is 1. The van der Waals surface area contributed by atoms with E-state index in [1.807, 2.05) is 24.3 Å². The standard InChI is InChI=1S/C16H25NO2/c1-3-5-7-13-19-15-10-8-14(9-11-15)16(18)17-12-6-4-2/h8-11H,3-7,12-13H2,1-2H3,(H,17,18). The van der Waals surface area contributed by atoms with Crippen LogP contribution in [0.5, 0.6) is 5.75 Å². The fraction of sp³-hybridized carbons (Fsp3) is 0.562. The summed E-state index contributed by atoms with van der Waals surface area (Å²) < 4.78 is 5.61. The number of unbranched alkanes of at least 4 members (excludes halogenated alkanes) is 3. The molecule has 0 aliphatic rings. The Balaban J connectivity index is 2.36. The molecule has 0 heterocycles. The average Bonchev–Trinajstić information content (AvgIpc) is 2.44. The van der Waals surface area contributed by atoms with E-state index in [9.17, 15) is 4.79 Å². The van der Waals surface area contributed by atoms with Gasteiger partial charge in [0.25, 0.3) is 5.91 Å². The van der Waals surface area contributed by atoms with Crippen LogP contribution in [0.1, 0.15) is 56.3 Å². The van der Waals surface area contributed by atoms with Gasteiger partial charge in [-0.25, -0.2) is 0 Å². The van der Waals surface area contributed by atoms with E-state index in [0.29, 0.717) is 5.56 Å². The van der Waals surface area contributed by atoms with E-state index >= 15 is 0 Å². The van der Waals surface area contributed by atoms with Crippen LogP contribution in [-0.4, -0.2) is 19.1 Å². The minimum Gasteiger partial charge on any atom is -0.494 e. The summed E-state index contributed by atoms with van der Waals surface area (Å²) in [5.74, 6) is 0.826. The third-order valence-electron chi connectivity index (χ3n) is 2.95. The average molecular weight is 263 g/mol. The molecule has 0 fully saturated rings. The van der Waals surface area contributed by atoms with Crippen molar-refractivity contribution >= 4 is 5.91 Å². The molecule has 0 unspecified atom stereocenters. The number of ether oxygens (including phenoxy) is 1. The van der Waals surface area contributed by atoms with E-state index in [0.717, 1.165) is 38.2 Å². The smallest absolute Gasteiger partial charge is 0.251 e. The molecule has 0 saturated heterocycles. The van der Waals surface area contributed by atoms with Crippen molar-refractivity contribution in [3.05, 3.63) is 29.8 Å². The van der Waals surface area contributed by atoms with Crippen LogP contribution >= 0.6 is 0 Å². The molecule has 1 aromatic rings. The largest absolute Gasteiger partial charge is 0.494 e. The Bertz CT molecular complexity index is 360. The minimum atomic E-state index is -0.00835. The van der Waals surface area contributed by atoms with E-state index in [-0.39, 0.29) is 5.91 Å². The van der Waals surface area contributed by atoms with Gasteiger partial charge in [-0.1, -0.05) is 33.1 Å². The normalized spacial score (nSPS) is 10.2. The molecule has 19 heavy (non-hydrogen) atoms. The van der Waals surface area contributed by atoms with Gasteiger partial charge in [0, 0.05) is 12.1 Å². The van der Waals surface area contributed by atoms with Crippen molar-refractivity contribution in [1.82, 2.24) is 5.32 Å². The summed E-state index contributed by atoms with van der Waals surface area (Å²) in [6.45, 7) is 5.77. The topological polar surface area (TPSA) is 38.3 Å². The molecule has 1 amide bonds. The maximum atomic E-state index is 11.8. The Labute approximate surface area is 116 Å². The molecule has 1 rings (SSSR count). The van der Waals surface area contributed by atoms with E-state index < -0.39 is 0 Å². The highest BCUT2D eigenvalue weighted by molar-refractivity contribution is 5.94. The number of hydrogen-bond donors (Lipinski definition) is 1. The predicted molar refractivity (Wildman–Crippen MR) is 78.7 cm³/mol. The molecular formula is C16H25NO2. The van der Waals surface area contributed by atoms with Crippen LogP contribution in [0, 0.1) is 0 Å². The van der Waals surface area contributed by atoms with Gasteiger partial charge in [0.1, 0.15) is 5.75 Å². The first-order valence-corrected chi connectivity index (χ1v) is 7.29. The summed E-state index contributed by atoms with van der Waals surface area (Å²) in [6, 6.07) is 7.36. The zero-order chi connectivity index (χ0) is 13.9. The van der Waals surface area contributed by atoms with Gasteiger partial charge in [-0.05, 0) is 37.1 Å². The lowest BCUT2D eigenvalue weighted by molar-refractivity contribution is 0.0953. The Hall–Kier alpha value is -1.51.